The summed E-state index contributed by atoms with van der Waals surface area (Å²) in [6, 6.07) is 13.6. The van der Waals surface area contributed by atoms with E-state index in [1.807, 2.05) is 43.4 Å². The van der Waals surface area contributed by atoms with Crippen LogP contribution in [0.25, 0.3) is 11.1 Å². The maximum Gasteiger partial charge on any atom is 0.340 e. The molecule has 3 N–H and O–H groups in total. The van der Waals surface area contributed by atoms with E-state index < -0.39 is 17.9 Å². The van der Waals surface area contributed by atoms with Gasteiger partial charge in [-0.25, -0.2) is 4.79 Å². The lowest BCUT2D eigenvalue weighted by molar-refractivity contribution is -0.143. The number of carbonyl (C=O) groups is 2. The van der Waals surface area contributed by atoms with Gasteiger partial charge in [-0.05, 0) is 49.2 Å². The second-order valence-electron chi connectivity index (χ2n) is 6.75. The first-order valence-electron chi connectivity index (χ1n) is 9.90. The summed E-state index contributed by atoms with van der Waals surface area (Å²) in [5.74, 6) is -1.20. The Morgan fingerprint density at radius 2 is 1.80 bits per heavy atom. The number of anilines is 1. The van der Waals surface area contributed by atoms with Gasteiger partial charge in [-0.1, -0.05) is 18.2 Å². The molecular formula is C23H26N2O5. The molecule has 7 nitrogen and oxygen atoms in total. The molecule has 2 aromatic rings. The monoisotopic (exact) mass is 410 g/mol. The molecule has 0 aromatic heterocycles. The molecule has 1 atom stereocenters. The third kappa shape index (κ3) is 4.40. The number of rotatable bonds is 7. The second kappa shape index (κ2) is 9.35. The van der Waals surface area contributed by atoms with E-state index in [9.17, 15) is 9.59 Å². The van der Waals surface area contributed by atoms with Gasteiger partial charge in [0.2, 0.25) is 5.88 Å². The van der Waals surface area contributed by atoms with Crippen molar-refractivity contribution in [1.82, 2.24) is 0 Å². The summed E-state index contributed by atoms with van der Waals surface area (Å²) in [6.07, 6.45) is -0.0426. The Balaban J connectivity index is 2.07. The van der Waals surface area contributed by atoms with Gasteiger partial charge in [0.1, 0.15) is 11.3 Å². The molecule has 30 heavy (non-hydrogen) atoms. The molecule has 158 valence electrons. The van der Waals surface area contributed by atoms with E-state index >= 15 is 0 Å². The molecule has 3 rings (SSSR count). The minimum absolute atomic E-state index is 0.0426. The molecule has 0 radical (unpaired) electrons. The Morgan fingerprint density at radius 1 is 1.07 bits per heavy atom. The lowest BCUT2D eigenvalue weighted by atomic mass is 9.84. The van der Waals surface area contributed by atoms with Crippen LogP contribution in [-0.4, -0.2) is 32.2 Å². The van der Waals surface area contributed by atoms with Crippen molar-refractivity contribution in [2.45, 2.75) is 26.2 Å². The first-order valence-corrected chi connectivity index (χ1v) is 9.90. The summed E-state index contributed by atoms with van der Waals surface area (Å²) < 4.78 is 16.0. The fourth-order valence-corrected chi connectivity index (χ4v) is 3.50. The van der Waals surface area contributed by atoms with Gasteiger partial charge in [0.05, 0.1) is 19.6 Å². The van der Waals surface area contributed by atoms with Gasteiger partial charge >= 0.3 is 11.9 Å². The zero-order chi connectivity index (χ0) is 21.7. The molecule has 0 amide bonds. The first kappa shape index (κ1) is 21.2. The minimum Gasteiger partial charge on any atom is -0.466 e. The quantitative estimate of drug-likeness (QED) is 0.673. The number of ether oxygens (including phenoxy) is 3. The zero-order valence-corrected chi connectivity index (χ0v) is 17.4. The first-order chi connectivity index (χ1) is 14.5. The number of carbonyl (C=O) groups excluding carboxylic acids is 2. The Hall–Kier alpha value is -3.48. The van der Waals surface area contributed by atoms with Gasteiger partial charge in [-0.15, -0.1) is 0 Å². The van der Waals surface area contributed by atoms with Crippen LogP contribution >= 0.6 is 0 Å². The number of hydrogen-bond donors (Lipinski definition) is 2. The third-order valence-corrected chi connectivity index (χ3v) is 4.88. The van der Waals surface area contributed by atoms with Crippen LogP contribution in [0.5, 0.6) is 5.75 Å². The highest BCUT2D eigenvalue weighted by atomic mass is 16.5. The number of nitrogens with two attached hydrogens (primary N) is 1. The molecule has 1 aliphatic heterocycles. The van der Waals surface area contributed by atoms with Crippen LogP contribution in [0.15, 0.2) is 53.9 Å². The smallest absolute Gasteiger partial charge is 0.340 e. The van der Waals surface area contributed by atoms with Crippen molar-refractivity contribution in [3.05, 3.63) is 59.5 Å². The van der Waals surface area contributed by atoms with Crippen molar-refractivity contribution in [2.24, 2.45) is 5.73 Å². The lowest BCUT2D eigenvalue weighted by Crippen LogP contribution is -2.28. The van der Waals surface area contributed by atoms with Crippen molar-refractivity contribution >= 4 is 17.6 Å². The summed E-state index contributed by atoms with van der Waals surface area (Å²) in [5.41, 5.74) is 9.76. The molecule has 0 bridgehead atoms. The standard InChI is InChI=1S/C23H26N2O5/c1-4-28-20(26)13-18-17-12-15(14-7-6-8-16(11-14)25-3)9-10-19(17)30-22(24)21(18)23(27)29-5-2/h6-12,18,25H,4-5,13,24H2,1-3H3. The highest BCUT2D eigenvalue weighted by molar-refractivity contribution is 5.93. The Labute approximate surface area is 175 Å². The Morgan fingerprint density at radius 3 is 2.50 bits per heavy atom. The van der Waals surface area contributed by atoms with Gasteiger partial charge in [-0.3, -0.25) is 4.79 Å². The van der Waals surface area contributed by atoms with E-state index in [-0.39, 0.29) is 31.1 Å². The van der Waals surface area contributed by atoms with Crippen molar-refractivity contribution < 1.29 is 23.8 Å². The summed E-state index contributed by atoms with van der Waals surface area (Å²) in [7, 11) is 1.86. The van der Waals surface area contributed by atoms with E-state index in [4.69, 9.17) is 19.9 Å². The van der Waals surface area contributed by atoms with E-state index in [0.717, 1.165) is 16.8 Å². The molecule has 0 fully saturated rings. The SMILES string of the molecule is CCOC(=O)CC1C(C(=O)OCC)=C(N)Oc2ccc(-c3cccc(NC)c3)cc21. The molecule has 0 saturated carbocycles. The van der Waals surface area contributed by atoms with Crippen molar-refractivity contribution in [3.8, 4) is 16.9 Å². The highest BCUT2D eigenvalue weighted by Gasteiger charge is 2.36. The van der Waals surface area contributed by atoms with Crippen LogP contribution < -0.4 is 15.8 Å². The molecule has 0 saturated heterocycles. The number of nitrogens with one attached hydrogen (secondary N) is 1. The van der Waals surface area contributed by atoms with E-state index in [1.54, 1.807) is 19.9 Å². The topological polar surface area (TPSA) is 99.9 Å². The fourth-order valence-electron chi connectivity index (χ4n) is 3.50. The third-order valence-electron chi connectivity index (χ3n) is 4.88. The Bertz CT molecular complexity index is 983. The van der Waals surface area contributed by atoms with Gasteiger partial charge in [0, 0.05) is 24.2 Å². The largest absolute Gasteiger partial charge is 0.466 e. The number of hydrogen-bond acceptors (Lipinski definition) is 7. The maximum atomic E-state index is 12.6. The van der Waals surface area contributed by atoms with E-state index in [0.29, 0.717) is 11.3 Å². The highest BCUT2D eigenvalue weighted by Crippen LogP contribution is 2.42. The summed E-state index contributed by atoms with van der Waals surface area (Å²) in [4.78, 5) is 24.9. The lowest BCUT2D eigenvalue weighted by Gasteiger charge is -2.28. The van der Waals surface area contributed by atoms with Crippen LogP contribution in [0.1, 0.15) is 31.7 Å². The van der Waals surface area contributed by atoms with Crippen LogP contribution in [-0.2, 0) is 19.1 Å². The van der Waals surface area contributed by atoms with Crippen LogP contribution in [0.3, 0.4) is 0 Å². The summed E-state index contributed by atoms with van der Waals surface area (Å²) in [5, 5.41) is 3.12. The molecular weight excluding hydrogens is 384 g/mol. The zero-order valence-electron chi connectivity index (χ0n) is 17.4. The van der Waals surface area contributed by atoms with E-state index in [2.05, 4.69) is 5.32 Å². The minimum atomic E-state index is -0.626. The summed E-state index contributed by atoms with van der Waals surface area (Å²) >= 11 is 0. The second-order valence-corrected chi connectivity index (χ2v) is 6.75. The average molecular weight is 410 g/mol. The van der Waals surface area contributed by atoms with Crippen molar-refractivity contribution in [3.63, 3.8) is 0 Å². The van der Waals surface area contributed by atoms with Gasteiger partial charge in [-0.2, -0.15) is 0 Å². The molecule has 7 heteroatoms. The van der Waals surface area contributed by atoms with Gasteiger partial charge in [0.25, 0.3) is 0 Å². The Kier molecular flexibility index (Phi) is 6.61. The molecule has 2 aromatic carbocycles. The molecule has 0 spiro atoms. The van der Waals surface area contributed by atoms with Gasteiger partial charge < -0.3 is 25.3 Å². The number of benzene rings is 2. The predicted octanol–water partition coefficient (Wildman–Crippen LogP) is 3.56. The summed E-state index contributed by atoms with van der Waals surface area (Å²) in [6.45, 7) is 3.88. The molecule has 1 unspecified atom stereocenters. The van der Waals surface area contributed by atoms with Crippen molar-refractivity contribution in [1.29, 1.82) is 0 Å². The van der Waals surface area contributed by atoms with Crippen LogP contribution in [0, 0.1) is 0 Å². The van der Waals surface area contributed by atoms with Crippen molar-refractivity contribution in [2.75, 3.05) is 25.6 Å². The van der Waals surface area contributed by atoms with Crippen LogP contribution in [0.2, 0.25) is 0 Å². The average Bonchev–Trinajstić information content (AvgIpc) is 2.73. The number of esters is 2. The molecule has 1 aliphatic rings. The van der Waals surface area contributed by atoms with Crippen LogP contribution in [0.4, 0.5) is 5.69 Å². The maximum absolute atomic E-state index is 12.6. The normalized spacial score (nSPS) is 15.1. The fraction of sp³-hybridized carbons (Fsp3) is 0.304. The predicted molar refractivity (Wildman–Crippen MR) is 114 cm³/mol. The molecule has 1 heterocycles. The number of fused-ring (bicyclic) bond motifs is 1. The van der Waals surface area contributed by atoms with Gasteiger partial charge in [0.15, 0.2) is 0 Å². The van der Waals surface area contributed by atoms with E-state index in [1.165, 1.54) is 0 Å². The molecule has 0 aliphatic carbocycles.